The number of rotatable bonds is 3. The van der Waals surface area contributed by atoms with E-state index in [4.69, 9.17) is 12.2 Å². The number of para-hydroxylation sites is 1. The molecule has 2 aliphatic carbocycles. The van der Waals surface area contributed by atoms with Crippen LogP contribution < -0.4 is 5.32 Å². The van der Waals surface area contributed by atoms with Gasteiger partial charge in [0, 0.05) is 12.1 Å². The van der Waals surface area contributed by atoms with Crippen LogP contribution >= 0.6 is 12.2 Å². The van der Waals surface area contributed by atoms with Crippen LogP contribution in [0.5, 0.6) is 0 Å². The zero-order valence-electron chi connectivity index (χ0n) is 13.8. The summed E-state index contributed by atoms with van der Waals surface area (Å²) in [5, 5.41) is 3.90. The van der Waals surface area contributed by atoms with Gasteiger partial charge < -0.3 is 10.2 Å². The van der Waals surface area contributed by atoms with Crippen molar-refractivity contribution >= 4 is 23.0 Å². The lowest BCUT2D eigenvalue weighted by Crippen LogP contribution is -2.50. The van der Waals surface area contributed by atoms with Gasteiger partial charge >= 0.3 is 0 Å². The van der Waals surface area contributed by atoms with Crippen LogP contribution in [0, 0.1) is 5.82 Å². The molecule has 0 atom stereocenters. The predicted molar refractivity (Wildman–Crippen MR) is 98.2 cm³/mol. The molecule has 0 saturated heterocycles. The standard InChI is InChI=1S/C19H27FN2S/c20-17-13-7-8-14-18(17)21-19(23)22(15-9-3-1-4-10-15)16-11-5-2-6-12-16/h7-8,13-16H,1-6,9-12H2,(H,21,23). The maximum absolute atomic E-state index is 14.0. The molecule has 126 valence electrons. The Balaban J connectivity index is 1.75. The van der Waals surface area contributed by atoms with Crippen LogP contribution in [-0.2, 0) is 0 Å². The molecule has 23 heavy (non-hydrogen) atoms. The number of nitrogens with zero attached hydrogens (tertiary/aromatic N) is 1. The van der Waals surface area contributed by atoms with E-state index in [-0.39, 0.29) is 5.82 Å². The number of anilines is 1. The molecular formula is C19H27FN2S. The van der Waals surface area contributed by atoms with Gasteiger partial charge in [-0.15, -0.1) is 0 Å². The molecule has 0 unspecified atom stereocenters. The Morgan fingerprint density at radius 1 is 0.913 bits per heavy atom. The van der Waals surface area contributed by atoms with E-state index in [1.165, 1.54) is 70.3 Å². The van der Waals surface area contributed by atoms with Crippen molar-refractivity contribution in [2.45, 2.75) is 76.3 Å². The van der Waals surface area contributed by atoms with Crippen molar-refractivity contribution in [1.29, 1.82) is 0 Å². The third kappa shape index (κ3) is 4.23. The number of nitrogens with one attached hydrogen (secondary N) is 1. The number of thiocarbonyl (C=S) groups is 1. The highest BCUT2D eigenvalue weighted by molar-refractivity contribution is 7.80. The average molecular weight is 335 g/mol. The van der Waals surface area contributed by atoms with Crippen LogP contribution in [0.4, 0.5) is 10.1 Å². The molecule has 3 rings (SSSR count). The summed E-state index contributed by atoms with van der Waals surface area (Å²) in [6, 6.07) is 7.86. The fraction of sp³-hybridized carbons (Fsp3) is 0.632. The fourth-order valence-corrected chi connectivity index (χ4v) is 4.50. The molecule has 0 radical (unpaired) electrons. The molecule has 0 aliphatic heterocycles. The number of hydrogen-bond donors (Lipinski definition) is 1. The second-order valence-corrected chi connectivity index (χ2v) is 7.29. The second-order valence-electron chi connectivity index (χ2n) is 6.90. The lowest BCUT2D eigenvalue weighted by molar-refractivity contribution is 0.160. The van der Waals surface area contributed by atoms with E-state index in [1.807, 2.05) is 6.07 Å². The highest BCUT2D eigenvalue weighted by Crippen LogP contribution is 2.31. The molecule has 0 spiro atoms. The van der Waals surface area contributed by atoms with Crippen LogP contribution in [0.2, 0.25) is 0 Å². The van der Waals surface area contributed by atoms with E-state index < -0.39 is 0 Å². The van der Waals surface area contributed by atoms with Crippen LogP contribution in [0.1, 0.15) is 64.2 Å². The maximum atomic E-state index is 14.0. The van der Waals surface area contributed by atoms with Crippen molar-refractivity contribution < 1.29 is 4.39 Å². The summed E-state index contributed by atoms with van der Waals surface area (Å²) < 4.78 is 14.0. The minimum Gasteiger partial charge on any atom is -0.343 e. The molecule has 1 N–H and O–H groups in total. The fourth-order valence-electron chi connectivity index (χ4n) is 4.09. The van der Waals surface area contributed by atoms with Gasteiger partial charge in [-0.2, -0.15) is 0 Å². The van der Waals surface area contributed by atoms with Crippen LogP contribution in [0.15, 0.2) is 24.3 Å². The first-order chi connectivity index (χ1) is 11.3. The van der Waals surface area contributed by atoms with Crippen LogP contribution in [0.3, 0.4) is 0 Å². The van der Waals surface area contributed by atoms with Crippen molar-refractivity contribution in [3.8, 4) is 0 Å². The molecule has 1 aromatic rings. The Bertz CT molecular complexity index is 504. The molecule has 4 heteroatoms. The summed E-state index contributed by atoms with van der Waals surface area (Å²) in [5.41, 5.74) is 0.495. The van der Waals surface area contributed by atoms with Crippen molar-refractivity contribution in [2.75, 3.05) is 5.32 Å². The van der Waals surface area contributed by atoms with E-state index >= 15 is 0 Å². The third-order valence-electron chi connectivity index (χ3n) is 5.29. The molecule has 2 saturated carbocycles. The Kier molecular flexibility index (Phi) is 5.87. The molecule has 0 heterocycles. The van der Waals surface area contributed by atoms with E-state index in [0.717, 1.165) is 0 Å². The van der Waals surface area contributed by atoms with Crippen LogP contribution in [0.25, 0.3) is 0 Å². The Labute approximate surface area is 144 Å². The molecule has 0 bridgehead atoms. The average Bonchev–Trinajstić information content (AvgIpc) is 2.59. The Morgan fingerprint density at radius 2 is 1.43 bits per heavy atom. The Hall–Kier alpha value is -1.16. The van der Waals surface area contributed by atoms with Gasteiger partial charge in [-0.1, -0.05) is 50.7 Å². The Morgan fingerprint density at radius 3 is 1.96 bits per heavy atom. The SMILES string of the molecule is Fc1ccccc1NC(=S)N(C1CCCCC1)C1CCCCC1. The van der Waals surface area contributed by atoms with E-state index in [2.05, 4.69) is 10.2 Å². The molecule has 2 fully saturated rings. The van der Waals surface area contributed by atoms with Crippen molar-refractivity contribution in [2.24, 2.45) is 0 Å². The highest BCUT2D eigenvalue weighted by atomic mass is 32.1. The smallest absolute Gasteiger partial charge is 0.174 e. The molecule has 1 aromatic carbocycles. The van der Waals surface area contributed by atoms with Gasteiger partial charge in [0.2, 0.25) is 0 Å². The van der Waals surface area contributed by atoms with Gasteiger partial charge in [0.25, 0.3) is 0 Å². The molecular weight excluding hydrogens is 307 g/mol. The topological polar surface area (TPSA) is 15.3 Å². The van der Waals surface area contributed by atoms with Gasteiger partial charge in [-0.3, -0.25) is 0 Å². The molecule has 0 aromatic heterocycles. The van der Waals surface area contributed by atoms with Gasteiger partial charge in [-0.25, -0.2) is 4.39 Å². The third-order valence-corrected chi connectivity index (χ3v) is 5.60. The summed E-state index contributed by atoms with van der Waals surface area (Å²) >= 11 is 5.73. The van der Waals surface area contributed by atoms with Crippen LogP contribution in [-0.4, -0.2) is 22.1 Å². The van der Waals surface area contributed by atoms with E-state index in [1.54, 1.807) is 12.1 Å². The summed E-state index contributed by atoms with van der Waals surface area (Å²) in [4.78, 5) is 2.43. The van der Waals surface area contributed by atoms with Crippen molar-refractivity contribution in [1.82, 2.24) is 4.90 Å². The minimum absolute atomic E-state index is 0.234. The summed E-state index contributed by atoms with van der Waals surface area (Å²) in [6.07, 6.45) is 12.7. The molecule has 2 aliphatic rings. The summed E-state index contributed by atoms with van der Waals surface area (Å²) in [6.45, 7) is 0. The largest absolute Gasteiger partial charge is 0.343 e. The van der Waals surface area contributed by atoms with E-state index in [9.17, 15) is 4.39 Å². The maximum Gasteiger partial charge on any atom is 0.174 e. The van der Waals surface area contributed by atoms with Crippen molar-refractivity contribution in [3.05, 3.63) is 30.1 Å². The lowest BCUT2D eigenvalue weighted by atomic mass is 9.89. The first-order valence-electron chi connectivity index (χ1n) is 9.09. The summed E-state index contributed by atoms with van der Waals surface area (Å²) in [7, 11) is 0. The minimum atomic E-state index is -0.234. The highest BCUT2D eigenvalue weighted by Gasteiger charge is 2.30. The molecule has 0 amide bonds. The van der Waals surface area contributed by atoms with Gasteiger partial charge in [0.1, 0.15) is 5.82 Å². The summed E-state index contributed by atoms with van der Waals surface area (Å²) in [5.74, 6) is -0.234. The van der Waals surface area contributed by atoms with Gasteiger partial charge in [0.15, 0.2) is 5.11 Å². The zero-order chi connectivity index (χ0) is 16.1. The number of benzene rings is 1. The lowest BCUT2D eigenvalue weighted by Gasteiger charge is -2.43. The predicted octanol–water partition coefficient (Wildman–Crippen LogP) is 5.49. The monoisotopic (exact) mass is 334 g/mol. The zero-order valence-corrected chi connectivity index (χ0v) is 14.6. The number of hydrogen-bond acceptors (Lipinski definition) is 1. The number of halogens is 1. The van der Waals surface area contributed by atoms with E-state index in [0.29, 0.717) is 22.9 Å². The molecule has 2 nitrogen and oxygen atoms in total. The first-order valence-corrected chi connectivity index (χ1v) is 9.50. The first kappa shape index (κ1) is 16.7. The normalized spacial score (nSPS) is 20.2. The quantitative estimate of drug-likeness (QED) is 0.736. The van der Waals surface area contributed by atoms with Crippen molar-refractivity contribution in [3.63, 3.8) is 0 Å². The van der Waals surface area contributed by atoms with Gasteiger partial charge in [-0.05, 0) is 50.0 Å². The second kappa shape index (κ2) is 8.09. The van der Waals surface area contributed by atoms with Gasteiger partial charge in [0.05, 0.1) is 5.69 Å².